The van der Waals surface area contributed by atoms with Crippen LogP contribution in [0.25, 0.3) is 0 Å². The van der Waals surface area contributed by atoms with E-state index >= 15 is 0 Å². The summed E-state index contributed by atoms with van der Waals surface area (Å²) < 4.78 is 41.8. The van der Waals surface area contributed by atoms with Crippen molar-refractivity contribution in [1.29, 1.82) is 0 Å². The zero-order valence-corrected chi connectivity index (χ0v) is 47.9. The highest BCUT2D eigenvalue weighted by atomic mass is 16.7. The number of ether oxygens (including phenoxy) is 6. The Balaban J connectivity index is 0.962. The fourth-order valence-corrected chi connectivity index (χ4v) is 11.5. The molecule has 10 aromatic carbocycles. The van der Waals surface area contributed by atoms with Gasteiger partial charge in [-0.15, -0.1) is 0 Å². The van der Waals surface area contributed by atoms with Crippen molar-refractivity contribution in [2.45, 2.75) is 88.2 Å². The highest BCUT2D eigenvalue weighted by molar-refractivity contribution is 5.51. The number of aliphatic hydroxyl groups excluding tert-OH is 1. The van der Waals surface area contributed by atoms with Crippen molar-refractivity contribution in [2.75, 3.05) is 13.2 Å². The van der Waals surface area contributed by atoms with Crippen LogP contribution in [0.3, 0.4) is 0 Å². The molecule has 0 aromatic heterocycles. The van der Waals surface area contributed by atoms with Gasteiger partial charge in [-0.1, -0.05) is 267 Å². The summed E-state index contributed by atoms with van der Waals surface area (Å²) in [6.07, 6.45) is -4.36. The predicted molar refractivity (Wildman–Crippen MR) is 333 cm³/mol. The maximum atomic E-state index is 14.2. The van der Waals surface area contributed by atoms with Gasteiger partial charge < -0.3 is 38.6 Å². The molecule has 3 N–H and O–H groups in total. The summed E-state index contributed by atoms with van der Waals surface area (Å²) in [5.41, 5.74) is 10.8. The molecule has 2 unspecified atom stereocenters. The van der Waals surface area contributed by atoms with Gasteiger partial charge in [0, 0.05) is 6.54 Å². The van der Waals surface area contributed by atoms with E-state index in [0.717, 1.165) is 62.1 Å². The molecule has 0 radical (unpaired) electrons. The van der Waals surface area contributed by atoms with Gasteiger partial charge in [0.2, 0.25) is 5.79 Å². The SMILES string of the molecule is Cc1cc(OCc2ccccc2)c(C2(O)O[C@H](COCc3ccccc3)[C@@H](OCc3ccccc3)[C@H](OCc3ccccc3)[C@H]2OCc2ccccc2)cc1C(O)c1ccc(CCNC(c2ccccc2)(c2ccccc2)c2ccccc2)cc1. The van der Waals surface area contributed by atoms with Crippen LogP contribution in [-0.4, -0.2) is 47.8 Å². The molecule has 10 aromatic rings. The summed E-state index contributed by atoms with van der Waals surface area (Å²) in [4.78, 5) is 0. The molecule has 1 aliphatic rings. The number of aryl methyl sites for hydroxylation is 1. The average molecular weight is 1130 g/mol. The van der Waals surface area contributed by atoms with Crippen LogP contribution in [0.5, 0.6) is 5.75 Å². The third-order valence-electron chi connectivity index (χ3n) is 15.9. The van der Waals surface area contributed by atoms with Crippen molar-refractivity contribution in [2.24, 2.45) is 0 Å². The lowest BCUT2D eigenvalue weighted by Gasteiger charge is -2.50. The average Bonchev–Trinajstić information content (AvgIpc) is 1.92. The molecule has 0 saturated carbocycles. The van der Waals surface area contributed by atoms with Gasteiger partial charge in [-0.05, 0) is 92.2 Å². The van der Waals surface area contributed by atoms with Gasteiger partial charge in [0.15, 0.2) is 0 Å². The lowest BCUT2D eigenvalue weighted by atomic mass is 9.77. The van der Waals surface area contributed by atoms with Crippen molar-refractivity contribution in [3.05, 3.63) is 351 Å². The minimum Gasteiger partial charge on any atom is -0.488 e. The van der Waals surface area contributed by atoms with E-state index in [9.17, 15) is 10.2 Å². The number of benzene rings is 10. The molecule has 430 valence electrons. The Bertz CT molecular complexity index is 3490. The fourth-order valence-electron chi connectivity index (χ4n) is 11.5. The summed E-state index contributed by atoms with van der Waals surface area (Å²) in [5.74, 6) is -1.95. The van der Waals surface area contributed by atoms with Crippen molar-refractivity contribution < 1.29 is 38.6 Å². The first kappa shape index (κ1) is 58.5. The van der Waals surface area contributed by atoms with Crippen LogP contribution in [0.2, 0.25) is 0 Å². The molecule has 0 aliphatic carbocycles. The third kappa shape index (κ3) is 14.3. The number of hydrogen-bond acceptors (Lipinski definition) is 9. The van der Waals surface area contributed by atoms with Crippen LogP contribution in [-0.2, 0) is 74.5 Å². The highest BCUT2D eigenvalue weighted by Gasteiger charge is 2.58. The Morgan fingerprint density at radius 1 is 0.471 bits per heavy atom. The Morgan fingerprint density at radius 3 is 1.35 bits per heavy atom. The second kappa shape index (κ2) is 28.5. The quantitative estimate of drug-likeness (QED) is 0.0457. The Morgan fingerprint density at radius 2 is 0.882 bits per heavy atom. The van der Waals surface area contributed by atoms with Gasteiger partial charge in [-0.25, -0.2) is 0 Å². The standard InChI is InChI=1S/C76H73NO8/c1-56-48-69(81-51-59-28-12-3-13-29-59)68(49-67(56)71(78)63-44-42-57(43-45-63)46-47-77-75(64-36-20-7-21-37-64,65-38-22-8-23-39-65)66-40-24-9-25-41-66)76(79)74(84-54-62-34-18-6-19-35-62)73(83-53-61-32-16-5-17-33-61)72(82-52-60-30-14-4-15-31-60)70(85-76)55-80-50-58-26-10-2-11-27-58/h2-45,48-49,70-74,77-79H,46-47,50-55H2,1H3/t70-,71?,72-,73+,74-,76?/m1/s1. The zero-order chi connectivity index (χ0) is 58.1. The monoisotopic (exact) mass is 1130 g/mol. The van der Waals surface area contributed by atoms with Crippen LogP contribution in [0.1, 0.15) is 78.4 Å². The first-order chi connectivity index (χ1) is 41.8. The molecule has 6 atom stereocenters. The summed E-state index contributed by atoms with van der Waals surface area (Å²) in [5, 5.41) is 30.9. The normalized spacial score (nSPS) is 18.2. The molecular weight excluding hydrogens is 1050 g/mol. The largest absolute Gasteiger partial charge is 0.488 e. The zero-order valence-electron chi connectivity index (χ0n) is 47.9. The topological polar surface area (TPSA) is 108 Å². The van der Waals surface area contributed by atoms with Gasteiger partial charge in [0.05, 0.1) is 44.1 Å². The van der Waals surface area contributed by atoms with Gasteiger partial charge in [-0.3, -0.25) is 5.32 Å². The first-order valence-electron chi connectivity index (χ1n) is 29.3. The molecule has 0 spiro atoms. The maximum absolute atomic E-state index is 14.2. The van der Waals surface area contributed by atoms with E-state index in [1.807, 2.05) is 183 Å². The highest BCUT2D eigenvalue weighted by Crippen LogP contribution is 2.47. The molecule has 1 heterocycles. The van der Waals surface area contributed by atoms with Crippen LogP contribution in [0.4, 0.5) is 0 Å². The second-order valence-corrected chi connectivity index (χ2v) is 21.7. The lowest BCUT2D eigenvalue weighted by Crippen LogP contribution is -2.65. The van der Waals surface area contributed by atoms with Crippen LogP contribution < -0.4 is 10.1 Å². The Hall–Kier alpha value is -8.32. The molecule has 1 saturated heterocycles. The smallest absolute Gasteiger partial charge is 0.226 e. The molecular formula is C76H73NO8. The molecule has 85 heavy (non-hydrogen) atoms. The summed E-state index contributed by atoms with van der Waals surface area (Å²) in [6, 6.07) is 93.2. The van der Waals surface area contributed by atoms with Crippen molar-refractivity contribution in [1.82, 2.24) is 5.32 Å². The molecule has 0 amide bonds. The van der Waals surface area contributed by atoms with E-state index in [1.54, 1.807) is 0 Å². The van der Waals surface area contributed by atoms with E-state index < -0.39 is 41.8 Å². The fraction of sp³-hybridized carbons (Fsp3) is 0.211. The second-order valence-electron chi connectivity index (χ2n) is 21.7. The van der Waals surface area contributed by atoms with Crippen molar-refractivity contribution in [3.8, 4) is 5.75 Å². The number of nitrogens with one attached hydrogen (secondary N) is 1. The predicted octanol–water partition coefficient (Wildman–Crippen LogP) is 14.3. The van der Waals surface area contributed by atoms with Crippen LogP contribution >= 0.6 is 0 Å². The van der Waals surface area contributed by atoms with Crippen LogP contribution in [0, 0.1) is 6.92 Å². The van der Waals surface area contributed by atoms with E-state index in [1.165, 1.54) is 0 Å². The van der Waals surface area contributed by atoms with E-state index in [-0.39, 0.29) is 45.2 Å². The summed E-state index contributed by atoms with van der Waals surface area (Å²) in [7, 11) is 0. The van der Waals surface area contributed by atoms with E-state index in [0.29, 0.717) is 23.4 Å². The minimum atomic E-state index is -2.30. The number of rotatable bonds is 26. The number of aliphatic hydroxyl groups is 2. The van der Waals surface area contributed by atoms with Gasteiger partial charge >= 0.3 is 0 Å². The van der Waals surface area contributed by atoms with E-state index in [4.69, 9.17) is 28.4 Å². The molecule has 9 nitrogen and oxygen atoms in total. The summed E-state index contributed by atoms with van der Waals surface area (Å²) >= 11 is 0. The van der Waals surface area contributed by atoms with Gasteiger partial charge in [0.25, 0.3) is 0 Å². The van der Waals surface area contributed by atoms with E-state index in [2.05, 4.69) is 108 Å². The molecule has 0 bridgehead atoms. The Labute approximate surface area is 500 Å². The first-order valence-corrected chi connectivity index (χ1v) is 29.3. The van der Waals surface area contributed by atoms with Crippen molar-refractivity contribution in [3.63, 3.8) is 0 Å². The van der Waals surface area contributed by atoms with Gasteiger partial charge in [0.1, 0.15) is 42.9 Å². The molecule has 11 rings (SSSR count). The van der Waals surface area contributed by atoms with Gasteiger partial charge in [-0.2, -0.15) is 0 Å². The van der Waals surface area contributed by atoms with Crippen LogP contribution in [0.15, 0.2) is 279 Å². The number of hydrogen-bond donors (Lipinski definition) is 3. The molecule has 1 fully saturated rings. The molecule has 9 heteroatoms. The molecule has 1 aliphatic heterocycles. The van der Waals surface area contributed by atoms with Crippen molar-refractivity contribution >= 4 is 0 Å². The Kier molecular flexibility index (Phi) is 19.6. The summed E-state index contributed by atoms with van der Waals surface area (Å²) in [6.45, 7) is 3.57. The lowest BCUT2D eigenvalue weighted by molar-refractivity contribution is -0.379. The third-order valence-corrected chi connectivity index (χ3v) is 15.9. The maximum Gasteiger partial charge on any atom is 0.226 e. The minimum absolute atomic E-state index is 0.0163.